The number of aliphatic hydroxyl groups excluding tert-OH is 1. The van der Waals surface area contributed by atoms with Crippen LogP contribution in [-0.2, 0) is 16.1 Å². The molecule has 0 radical (unpaired) electrons. The molecule has 1 aromatic carbocycles. The molecular formula is C15H17FO3. The number of benzene rings is 1. The van der Waals surface area contributed by atoms with E-state index in [4.69, 9.17) is 4.74 Å². The minimum Gasteiger partial charge on any atom is -0.458 e. The number of ether oxygens (including phenoxy) is 1. The summed E-state index contributed by atoms with van der Waals surface area (Å²) < 4.78 is 19.8. The summed E-state index contributed by atoms with van der Waals surface area (Å²) in [5.74, 6) is -1.28. The highest BCUT2D eigenvalue weighted by molar-refractivity contribution is 5.80. The van der Waals surface area contributed by atoms with Crippen LogP contribution in [0.3, 0.4) is 0 Å². The van der Waals surface area contributed by atoms with Crippen molar-refractivity contribution >= 4 is 5.97 Å². The average molecular weight is 264 g/mol. The SMILES string of the molecule is O=C(OCc1ccccc1)[C@]1(F)C[C@H]2C[C@H](O)[C@@H]1C2. The molecule has 0 saturated heterocycles. The van der Waals surface area contributed by atoms with E-state index >= 15 is 0 Å². The Labute approximate surface area is 111 Å². The number of carbonyl (C=O) groups excluding carboxylic acids is 1. The molecule has 0 aromatic heterocycles. The van der Waals surface area contributed by atoms with E-state index in [0.29, 0.717) is 12.8 Å². The van der Waals surface area contributed by atoms with E-state index in [9.17, 15) is 14.3 Å². The summed E-state index contributed by atoms with van der Waals surface area (Å²) in [5.41, 5.74) is -1.15. The zero-order valence-electron chi connectivity index (χ0n) is 10.6. The summed E-state index contributed by atoms with van der Waals surface area (Å²) in [4.78, 5) is 12.0. The first kappa shape index (κ1) is 12.6. The summed E-state index contributed by atoms with van der Waals surface area (Å²) >= 11 is 0. The molecule has 2 fully saturated rings. The Bertz CT molecular complexity index is 476. The molecule has 0 heterocycles. The van der Waals surface area contributed by atoms with Crippen LogP contribution in [0.25, 0.3) is 0 Å². The van der Waals surface area contributed by atoms with Crippen LogP contribution < -0.4 is 0 Å². The minimum absolute atomic E-state index is 0.0822. The number of rotatable bonds is 3. The molecule has 3 rings (SSSR count). The van der Waals surface area contributed by atoms with E-state index in [-0.39, 0.29) is 18.9 Å². The fourth-order valence-electron chi connectivity index (χ4n) is 3.43. The van der Waals surface area contributed by atoms with Crippen molar-refractivity contribution in [3.8, 4) is 0 Å². The lowest BCUT2D eigenvalue weighted by molar-refractivity contribution is -0.166. The van der Waals surface area contributed by atoms with E-state index in [2.05, 4.69) is 0 Å². The third-order valence-corrected chi connectivity index (χ3v) is 4.35. The van der Waals surface area contributed by atoms with E-state index in [1.54, 1.807) is 0 Å². The second-order valence-electron chi connectivity index (χ2n) is 5.64. The lowest BCUT2D eigenvalue weighted by atomic mass is 9.84. The molecule has 0 unspecified atom stereocenters. The second kappa shape index (κ2) is 4.60. The molecule has 1 N–H and O–H groups in total. The maximum absolute atomic E-state index is 14.7. The van der Waals surface area contributed by atoms with Gasteiger partial charge in [0.25, 0.3) is 0 Å². The quantitative estimate of drug-likeness (QED) is 0.852. The van der Waals surface area contributed by atoms with Crippen LogP contribution in [-0.4, -0.2) is 22.8 Å². The molecule has 4 atom stereocenters. The normalized spacial score (nSPS) is 36.4. The van der Waals surface area contributed by atoms with Crippen LogP contribution in [0.4, 0.5) is 4.39 Å². The second-order valence-corrected chi connectivity index (χ2v) is 5.64. The number of aliphatic hydroxyl groups is 1. The molecule has 3 nitrogen and oxygen atoms in total. The predicted molar refractivity (Wildman–Crippen MR) is 66.9 cm³/mol. The third-order valence-electron chi connectivity index (χ3n) is 4.35. The molecule has 102 valence electrons. The van der Waals surface area contributed by atoms with Gasteiger partial charge in [-0.05, 0) is 30.7 Å². The highest BCUT2D eigenvalue weighted by atomic mass is 19.1. The first-order chi connectivity index (χ1) is 9.09. The third kappa shape index (κ3) is 2.14. The van der Waals surface area contributed by atoms with Gasteiger partial charge in [-0.15, -0.1) is 0 Å². The van der Waals surface area contributed by atoms with Crippen molar-refractivity contribution < 1.29 is 19.0 Å². The molecule has 0 aliphatic heterocycles. The summed E-state index contributed by atoms with van der Waals surface area (Å²) in [7, 11) is 0. The molecule has 1 aromatic rings. The fraction of sp³-hybridized carbons (Fsp3) is 0.533. The maximum Gasteiger partial charge on any atom is 0.344 e. The molecule has 2 bridgehead atoms. The number of carbonyl (C=O) groups is 1. The number of alkyl halides is 1. The zero-order valence-corrected chi connectivity index (χ0v) is 10.6. The largest absolute Gasteiger partial charge is 0.458 e. The molecular weight excluding hydrogens is 247 g/mol. The Hall–Kier alpha value is -1.42. The lowest BCUT2D eigenvalue weighted by Gasteiger charge is -2.30. The van der Waals surface area contributed by atoms with Gasteiger partial charge in [-0.1, -0.05) is 30.3 Å². The summed E-state index contributed by atoms with van der Waals surface area (Å²) in [6, 6.07) is 9.21. The molecule has 2 saturated carbocycles. The van der Waals surface area contributed by atoms with Crippen molar-refractivity contribution in [2.45, 2.75) is 37.6 Å². The van der Waals surface area contributed by atoms with Crippen LogP contribution in [0, 0.1) is 11.8 Å². The Morgan fingerprint density at radius 1 is 1.37 bits per heavy atom. The molecule has 4 heteroatoms. The smallest absolute Gasteiger partial charge is 0.344 e. The van der Waals surface area contributed by atoms with Gasteiger partial charge in [-0.25, -0.2) is 9.18 Å². The molecule has 2 aliphatic carbocycles. The van der Waals surface area contributed by atoms with Gasteiger partial charge in [0.15, 0.2) is 0 Å². The Kier molecular flexibility index (Phi) is 3.05. The van der Waals surface area contributed by atoms with Gasteiger partial charge in [-0.3, -0.25) is 0 Å². The monoisotopic (exact) mass is 264 g/mol. The van der Waals surface area contributed by atoms with Gasteiger partial charge in [0.1, 0.15) is 6.61 Å². The molecule has 0 spiro atoms. The van der Waals surface area contributed by atoms with Crippen molar-refractivity contribution in [2.75, 3.05) is 0 Å². The van der Waals surface area contributed by atoms with Crippen molar-refractivity contribution in [2.24, 2.45) is 11.8 Å². The van der Waals surface area contributed by atoms with Crippen LogP contribution in [0.5, 0.6) is 0 Å². The van der Waals surface area contributed by atoms with Gasteiger partial charge in [0.05, 0.1) is 6.10 Å². The predicted octanol–water partition coefficient (Wildman–Crippen LogP) is 2.23. The van der Waals surface area contributed by atoms with E-state index < -0.39 is 23.7 Å². The number of hydrogen-bond donors (Lipinski definition) is 1. The highest BCUT2D eigenvalue weighted by Crippen LogP contribution is 2.53. The maximum atomic E-state index is 14.7. The summed E-state index contributed by atoms with van der Waals surface area (Å²) in [6.45, 7) is 0.0822. The number of hydrogen-bond acceptors (Lipinski definition) is 3. The van der Waals surface area contributed by atoms with Gasteiger partial charge in [-0.2, -0.15) is 0 Å². The molecule has 19 heavy (non-hydrogen) atoms. The Morgan fingerprint density at radius 2 is 2.11 bits per heavy atom. The van der Waals surface area contributed by atoms with Gasteiger partial charge >= 0.3 is 5.97 Å². The number of fused-ring (bicyclic) bond motifs is 2. The number of esters is 1. The van der Waals surface area contributed by atoms with E-state index in [0.717, 1.165) is 5.56 Å². The van der Waals surface area contributed by atoms with Crippen molar-refractivity contribution in [1.82, 2.24) is 0 Å². The fourth-order valence-corrected chi connectivity index (χ4v) is 3.43. The highest BCUT2D eigenvalue weighted by Gasteiger charge is 2.61. The number of halogens is 1. The van der Waals surface area contributed by atoms with Crippen molar-refractivity contribution in [3.05, 3.63) is 35.9 Å². The molecule has 0 amide bonds. The van der Waals surface area contributed by atoms with E-state index in [1.165, 1.54) is 0 Å². The van der Waals surface area contributed by atoms with E-state index in [1.807, 2.05) is 30.3 Å². The first-order valence-electron chi connectivity index (χ1n) is 6.68. The van der Waals surface area contributed by atoms with Gasteiger partial charge < -0.3 is 9.84 Å². The topological polar surface area (TPSA) is 46.5 Å². The van der Waals surface area contributed by atoms with Crippen LogP contribution in [0.15, 0.2) is 30.3 Å². The first-order valence-corrected chi connectivity index (χ1v) is 6.68. The summed E-state index contributed by atoms with van der Waals surface area (Å²) in [5, 5.41) is 9.74. The summed E-state index contributed by atoms with van der Waals surface area (Å²) in [6.07, 6.45) is 0.705. The van der Waals surface area contributed by atoms with Gasteiger partial charge in [0.2, 0.25) is 5.67 Å². The van der Waals surface area contributed by atoms with Crippen LogP contribution >= 0.6 is 0 Å². The van der Waals surface area contributed by atoms with Crippen molar-refractivity contribution in [1.29, 1.82) is 0 Å². The average Bonchev–Trinajstić information content (AvgIpc) is 2.93. The van der Waals surface area contributed by atoms with Crippen LogP contribution in [0.1, 0.15) is 24.8 Å². The minimum atomic E-state index is -1.99. The Morgan fingerprint density at radius 3 is 2.74 bits per heavy atom. The van der Waals surface area contributed by atoms with Gasteiger partial charge in [0, 0.05) is 5.92 Å². The Balaban J connectivity index is 1.65. The lowest BCUT2D eigenvalue weighted by Crippen LogP contribution is -2.45. The standard InChI is InChI=1S/C15H17FO3/c16-15(8-11-6-12(15)13(17)7-11)14(18)19-9-10-4-2-1-3-5-10/h1-5,11-13,17H,6-9H2/t11-,12+,13+,15+/m1/s1. The molecule has 2 aliphatic rings. The zero-order chi connectivity index (χ0) is 13.5. The van der Waals surface area contributed by atoms with Crippen LogP contribution in [0.2, 0.25) is 0 Å². The van der Waals surface area contributed by atoms with Crippen molar-refractivity contribution in [3.63, 3.8) is 0 Å².